The van der Waals surface area contributed by atoms with Gasteiger partial charge in [-0.05, 0) is 31.9 Å². The summed E-state index contributed by atoms with van der Waals surface area (Å²) in [6, 6.07) is 6.54. The number of carbonyl (C=O) groups is 2. The van der Waals surface area contributed by atoms with E-state index in [2.05, 4.69) is 15.4 Å². The van der Waals surface area contributed by atoms with Crippen molar-refractivity contribution in [2.75, 3.05) is 6.54 Å². The molecule has 2 amide bonds. The minimum atomic E-state index is -0.552. The van der Waals surface area contributed by atoms with Gasteiger partial charge in [0.15, 0.2) is 0 Å². The summed E-state index contributed by atoms with van der Waals surface area (Å²) in [6.07, 6.45) is 5.09. The fraction of sp³-hybridized carbons (Fsp3) is 0.333. The highest BCUT2D eigenvalue weighted by Gasteiger charge is 2.34. The number of nitrogens with zero attached hydrogens (tertiary/aromatic N) is 4. The fourth-order valence-corrected chi connectivity index (χ4v) is 3.62. The van der Waals surface area contributed by atoms with Gasteiger partial charge in [-0.25, -0.2) is 4.39 Å². The zero-order chi connectivity index (χ0) is 21.3. The fourth-order valence-electron chi connectivity index (χ4n) is 3.42. The van der Waals surface area contributed by atoms with Gasteiger partial charge in [-0.15, -0.1) is 0 Å². The maximum atomic E-state index is 14.0. The molecule has 0 aliphatic heterocycles. The molecule has 0 spiro atoms. The van der Waals surface area contributed by atoms with Crippen LogP contribution in [0.2, 0.25) is 5.02 Å². The summed E-state index contributed by atoms with van der Waals surface area (Å²) in [5, 5.41) is 8.06. The second kappa shape index (κ2) is 8.39. The molecule has 4 rings (SSSR count). The summed E-state index contributed by atoms with van der Waals surface area (Å²) in [6.45, 7) is 1.84. The van der Waals surface area contributed by atoms with Crippen LogP contribution >= 0.6 is 11.6 Å². The van der Waals surface area contributed by atoms with Gasteiger partial charge in [-0.3, -0.25) is 19.3 Å². The lowest BCUT2D eigenvalue weighted by Crippen LogP contribution is -2.43. The Morgan fingerprint density at radius 3 is 2.90 bits per heavy atom. The summed E-state index contributed by atoms with van der Waals surface area (Å²) in [5.41, 5.74) is 1.89. The minimum Gasteiger partial charge on any atom is -0.350 e. The highest BCUT2D eigenvalue weighted by atomic mass is 35.5. The highest BCUT2D eigenvalue weighted by Crippen LogP contribution is 2.27. The molecular formula is C21H21ClFN5O2. The Bertz CT molecular complexity index is 1110. The number of halogens is 2. The molecule has 0 unspecified atom stereocenters. The molecule has 1 fully saturated rings. The summed E-state index contributed by atoms with van der Waals surface area (Å²) < 4.78 is 15.6. The van der Waals surface area contributed by atoms with Crippen LogP contribution in [0.25, 0.3) is 10.9 Å². The van der Waals surface area contributed by atoms with Crippen LogP contribution in [0.15, 0.2) is 36.7 Å². The van der Waals surface area contributed by atoms with Gasteiger partial charge in [-0.1, -0.05) is 23.7 Å². The maximum absolute atomic E-state index is 14.0. The largest absolute Gasteiger partial charge is 0.350 e. The maximum Gasteiger partial charge on any atom is 0.245 e. The molecule has 9 heteroatoms. The monoisotopic (exact) mass is 429 g/mol. The van der Waals surface area contributed by atoms with E-state index >= 15 is 0 Å². The van der Waals surface area contributed by atoms with E-state index in [0.717, 1.165) is 29.4 Å². The lowest BCUT2D eigenvalue weighted by Gasteiger charge is -2.22. The van der Waals surface area contributed by atoms with Crippen molar-refractivity contribution in [2.24, 2.45) is 0 Å². The van der Waals surface area contributed by atoms with E-state index in [1.807, 2.05) is 13.0 Å². The number of carbonyl (C=O) groups excluding carboxylic acids is 2. The van der Waals surface area contributed by atoms with Gasteiger partial charge in [0, 0.05) is 29.7 Å². The number of rotatable bonds is 7. The third-order valence-corrected chi connectivity index (χ3v) is 5.45. The van der Waals surface area contributed by atoms with E-state index < -0.39 is 5.82 Å². The quantitative estimate of drug-likeness (QED) is 0.626. The summed E-state index contributed by atoms with van der Waals surface area (Å²) >= 11 is 5.77. The first kappa shape index (κ1) is 20.3. The van der Waals surface area contributed by atoms with Crippen molar-refractivity contribution in [2.45, 2.75) is 38.9 Å². The van der Waals surface area contributed by atoms with Crippen LogP contribution in [0.5, 0.6) is 0 Å². The highest BCUT2D eigenvalue weighted by molar-refractivity contribution is 6.30. The number of fused-ring (bicyclic) bond motifs is 1. The van der Waals surface area contributed by atoms with Crippen LogP contribution in [0, 0.1) is 12.7 Å². The standard InChI is InChI=1S/C21H21ClFN5O2/c1-13-16-7-8-24-10-18(16)28(26-13)12-20(30)27(15-5-6-15)11-19(29)25-9-14-3-2-4-17(22)21(14)23/h2-4,7-8,10,15H,5-6,9,11-12H2,1H3,(H,25,29). The molecule has 7 nitrogen and oxygen atoms in total. The van der Waals surface area contributed by atoms with Crippen molar-refractivity contribution >= 4 is 34.3 Å². The normalized spacial score (nSPS) is 13.4. The SMILES string of the molecule is Cc1nn(CC(=O)N(CC(=O)NCc2cccc(Cl)c2F)C2CC2)c2cnccc12. The zero-order valence-corrected chi connectivity index (χ0v) is 17.2. The molecule has 156 valence electrons. The summed E-state index contributed by atoms with van der Waals surface area (Å²) in [5.74, 6) is -1.09. The molecule has 30 heavy (non-hydrogen) atoms. The third-order valence-electron chi connectivity index (χ3n) is 5.15. The Balaban J connectivity index is 1.41. The average molecular weight is 430 g/mol. The Kier molecular flexibility index (Phi) is 5.67. The molecule has 1 N–H and O–H groups in total. The van der Waals surface area contributed by atoms with Crippen molar-refractivity contribution in [1.82, 2.24) is 25.0 Å². The van der Waals surface area contributed by atoms with Gasteiger partial charge >= 0.3 is 0 Å². The van der Waals surface area contributed by atoms with Crippen molar-refractivity contribution in [3.63, 3.8) is 0 Å². The van der Waals surface area contributed by atoms with Crippen molar-refractivity contribution in [3.8, 4) is 0 Å². The van der Waals surface area contributed by atoms with E-state index in [-0.39, 0.29) is 42.5 Å². The molecule has 0 radical (unpaired) electrons. The number of aromatic nitrogens is 3. The van der Waals surface area contributed by atoms with Gasteiger partial charge in [0.2, 0.25) is 11.8 Å². The van der Waals surface area contributed by atoms with Gasteiger partial charge in [0.1, 0.15) is 12.4 Å². The molecule has 1 aromatic carbocycles. The smallest absolute Gasteiger partial charge is 0.245 e. The van der Waals surface area contributed by atoms with Gasteiger partial charge in [0.25, 0.3) is 0 Å². The van der Waals surface area contributed by atoms with Gasteiger partial charge in [0.05, 0.1) is 29.0 Å². The first-order chi connectivity index (χ1) is 14.4. The molecule has 1 saturated carbocycles. The lowest BCUT2D eigenvalue weighted by atomic mass is 10.2. The van der Waals surface area contributed by atoms with Crippen molar-refractivity contribution in [3.05, 3.63) is 58.8 Å². The van der Waals surface area contributed by atoms with Crippen LogP contribution < -0.4 is 5.32 Å². The predicted octanol–water partition coefficient (Wildman–Crippen LogP) is 2.84. The van der Waals surface area contributed by atoms with E-state index in [0.29, 0.717) is 5.56 Å². The molecule has 2 heterocycles. The van der Waals surface area contributed by atoms with Crippen LogP contribution in [0.4, 0.5) is 4.39 Å². The number of benzene rings is 1. The second-order valence-corrected chi connectivity index (χ2v) is 7.79. The zero-order valence-electron chi connectivity index (χ0n) is 16.4. The van der Waals surface area contributed by atoms with E-state index in [1.165, 1.54) is 6.07 Å². The van der Waals surface area contributed by atoms with Gasteiger partial charge < -0.3 is 10.2 Å². The number of nitrogens with one attached hydrogen (secondary N) is 1. The number of pyridine rings is 1. The molecule has 0 atom stereocenters. The molecule has 1 aliphatic carbocycles. The van der Waals surface area contributed by atoms with Gasteiger partial charge in [-0.2, -0.15) is 5.10 Å². The molecular weight excluding hydrogens is 409 g/mol. The molecule has 2 aromatic heterocycles. The third kappa shape index (κ3) is 4.28. The summed E-state index contributed by atoms with van der Waals surface area (Å²) in [4.78, 5) is 31.1. The number of amides is 2. The molecule has 0 bridgehead atoms. The first-order valence-corrected chi connectivity index (χ1v) is 10.1. The summed E-state index contributed by atoms with van der Waals surface area (Å²) in [7, 11) is 0. The van der Waals surface area contributed by atoms with Crippen LogP contribution in [0.3, 0.4) is 0 Å². The lowest BCUT2D eigenvalue weighted by molar-refractivity contribution is -0.137. The van der Waals surface area contributed by atoms with E-state index in [1.54, 1.807) is 34.1 Å². The molecule has 3 aromatic rings. The molecule has 0 saturated heterocycles. The predicted molar refractivity (Wildman–Crippen MR) is 110 cm³/mol. The number of hydrogen-bond donors (Lipinski definition) is 1. The topological polar surface area (TPSA) is 80.1 Å². The van der Waals surface area contributed by atoms with Crippen molar-refractivity contribution < 1.29 is 14.0 Å². The Morgan fingerprint density at radius 2 is 2.13 bits per heavy atom. The first-order valence-electron chi connectivity index (χ1n) is 9.70. The molecule has 1 aliphatic rings. The van der Waals surface area contributed by atoms with Crippen LogP contribution in [-0.4, -0.2) is 44.1 Å². The van der Waals surface area contributed by atoms with Crippen molar-refractivity contribution in [1.29, 1.82) is 0 Å². The number of hydrogen-bond acceptors (Lipinski definition) is 4. The Labute approximate surface area is 177 Å². The van der Waals surface area contributed by atoms with Crippen LogP contribution in [0.1, 0.15) is 24.1 Å². The Morgan fingerprint density at radius 1 is 1.33 bits per heavy atom. The Hall–Kier alpha value is -3.00. The van der Waals surface area contributed by atoms with E-state index in [4.69, 9.17) is 11.6 Å². The number of aryl methyl sites for hydroxylation is 1. The van der Waals surface area contributed by atoms with Crippen LogP contribution in [-0.2, 0) is 22.7 Å². The average Bonchev–Trinajstić information content (AvgIpc) is 3.52. The second-order valence-electron chi connectivity index (χ2n) is 7.38. The van der Waals surface area contributed by atoms with E-state index in [9.17, 15) is 14.0 Å². The minimum absolute atomic E-state index is 0.00653.